The van der Waals surface area contributed by atoms with Crippen LogP contribution in [0.3, 0.4) is 0 Å². The minimum absolute atomic E-state index is 0.0474. The lowest BCUT2D eigenvalue weighted by molar-refractivity contribution is 0.0800. The van der Waals surface area contributed by atoms with Gasteiger partial charge in [0, 0.05) is 18.2 Å². The predicted octanol–water partition coefficient (Wildman–Crippen LogP) is 2.93. The number of allylic oxidation sites excluding steroid dienone is 2. The molecule has 1 aromatic heterocycles. The summed E-state index contributed by atoms with van der Waals surface area (Å²) in [6, 6.07) is 7.65. The Hall–Kier alpha value is -2.87. The molecule has 8 heteroatoms. The number of aromatic nitrogens is 3. The number of hydrogen-bond acceptors (Lipinski definition) is 7. The molecule has 1 saturated heterocycles. The zero-order valence-corrected chi connectivity index (χ0v) is 17.0. The molecule has 3 aliphatic rings. The Labute approximate surface area is 176 Å². The Morgan fingerprint density at radius 2 is 1.97 bits per heavy atom. The number of nitrogen functional groups attached to an aromatic ring is 1. The summed E-state index contributed by atoms with van der Waals surface area (Å²) in [6.07, 6.45) is 8.88. The molecule has 1 aromatic carbocycles. The molecule has 1 saturated carbocycles. The van der Waals surface area contributed by atoms with Gasteiger partial charge in [-0.15, -0.1) is 5.10 Å². The van der Waals surface area contributed by atoms with E-state index in [4.69, 9.17) is 10.5 Å². The first-order chi connectivity index (χ1) is 14.7. The van der Waals surface area contributed by atoms with Crippen molar-refractivity contribution in [3.05, 3.63) is 36.4 Å². The first kappa shape index (κ1) is 19.1. The quantitative estimate of drug-likeness (QED) is 0.680. The van der Waals surface area contributed by atoms with Crippen molar-refractivity contribution in [1.82, 2.24) is 19.7 Å². The lowest BCUT2D eigenvalue weighted by Crippen LogP contribution is -2.27. The van der Waals surface area contributed by atoms with Gasteiger partial charge in [-0.25, -0.2) is 0 Å². The minimum Gasteiger partial charge on any atom is -0.492 e. The standard InChI is InChI=1S/C22H28N6O2/c23-21-25-22(26-28(21)20(29)19-14-15-3-4-16(19)13-15)24-17-5-7-18(8-6-17)30-12-11-27-9-1-2-10-27/h3-8,15-16,19H,1-2,9-14H2,(H3,23,24,25,26). The van der Waals surface area contributed by atoms with Crippen LogP contribution in [0, 0.1) is 17.8 Å². The third kappa shape index (κ3) is 3.92. The lowest BCUT2D eigenvalue weighted by Gasteiger charge is -2.16. The molecule has 8 nitrogen and oxygen atoms in total. The molecule has 3 atom stereocenters. The number of nitrogens with zero attached hydrogens (tertiary/aromatic N) is 4. The number of hydrogen-bond donors (Lipinski definition) is 2. The molecule has 2 heterocycles. The number of carbonyl (C=O) groups is 1. The van der Waals surface area contributed by atoms with E-state index in [0.29, 0.717) is 24.4 Å². The topological polar surface area (TPSA) is 98.3 Å². The molecule has 1 aliphatic heterocycles. The molecule has 0 spiro atoms. The van der Waals surface area contributed by atoms with Crippen LogP contribution in [0.2, 0.25) is 0 Å². The van der Waals surface area contributed by atoms with Gasteiger partial charge in [-0.3, -0.25) is 9.69 Å². The molecule has 2 fully saturated rings. The van der Waals surface area contributed by atoms with Crippen molar-refractivity contribution in [1.29, 1.82) is 0 Å². The highest BCUT2D eigenvalue weighted by molar-refractivity contribution is 5.84. The zero-order chi connectivity index (χ0) is 20.5. The highest BCUT2D eigenvalue weighted by atomic mass is 16.5. The van der Waals surface area contributed by atoms with E-state index < -0.39 is 0 Å². The fraction of sp³-hybridized carbons (Fsp3) is 0.500. The van der Waals surface area contributed by atoms with Crippen LogP contribution in [-0.2, 0) is 0 Å². The van der Waals surface area contributed by atoms with Gasteiger partial charge in [0.2, 0.25) is 11.9 Å². The van der Waals surface area contributed by atoms with E-state index in [1.54, 1.807) is 0 Å². The van der Waals surface area contributed by atoms with E-state index in [1.165, 1.54) is 30.6 Å². The van der Waals surface area contributed by atoms with E-state index in [0.717, 1.165) is 30.8 Å². The van der Waals surface area contributed by atoms with E-state index in [1.807, 2.05) is 24.3 Å². The average molecular weight is 409 g/mol. The number of nitrogens with two attached hydrogens (primary N) is 1. The summed E-state index contributed by atoms with van der Waals surface area (Å²) in [6.45, 7) is 4.01. The summed E-state index contributed by atoms with van der Waals surface area (Å²) < 4.78 is 7.08. The summed E-state index contributed by atoms with van der Waals surface area (Å²) in [5, 5.41) is 7.43. The molecule has 0 radical (unpaired) electrons. The Balaban J connectivity index is 1.17. The van der Waals surface area contributed by atoms with Gasteiger partial charge in [-0.05, 0) is 74.9 Å². The SMILES string of the molecule is Nc1nc(Nc2ccc(OCCN3CCCC3)cc2)nn1C(=O)C1CC2C=CC1C2. The highest BCUT2D eigenvalue weighted by Gasteiger charge is 2.41. The van der Waals surface area contributed by atoms with Gasteiger partial charge in [0.25, 0.3) is 5.91 Å². The van der Waals surface area contributed by atoms with Crippen molar-refractivity contribution in [3.63, 3.8) is 0 Å². The molecule has 2 aromatic rings. The van der Waals surface area contributed by atoms with E-state index >= 15 is 0 Å². The Kier molecular flexibility index (Phi) is 5.16. The normalized spacial score (nSPS) is 25.1. The second-order valence-electron chi connectivity index (χ2n) is 8.48. The fourth-order valence-electron chi connectivity index (χ4n) is 4.82. The van der Waals surface area contributed by atoms with E-state index in [-0.39, 0.29) is 17.8 Å². The Morgan fingerprint density at radius 1 is 1.17 bits per heavy atom. The minimum atomic E-state index is -0.0633. The van der Waals surface area contributed by atoms with Gasteiger partial charge in [0.05, 0.1) is 0 Å². The smallest absolute Gasteiger partial charge is 0.253 e. The maximum Gasteiger partial charge on any atom is 0.253 e. The van der Waals surface area contributed by atoms with Crippen LogP contribution in [0.25, 0.3) is 0 Å². The highest BCUT2D eigenvalue weighted by Crippen LogP contribution is 2.44. The van der Waals surface area contributed by atoms with Crippen molar-refractivity contribution < 1.29 is 9.53 Å². The number of fused-ring (bicyclic) bond motifs is 2. The Morgan fingerprint density at radius 3 is 2.67 bits per heavy atom. The van der Waals surface area contributed by atoms with Crippen LogP contribution >= 0.6 is 0 Å². The third-order valence-electron chi connectivity index (χ3n) is 6.42. The molecule has 2 bridgehead atoms. The molecular weight excluding hydrogens is 380 g/mol. The van der Waals surface area contributed by atoms with Crippen molar-refractivity contribution in [2.45, 2.75) is 25.7 Å². The molecule has 3 unspecified atom stereocenters. The largest absolute Gasteiger partial charge is 0.492 e. The molecule has 30 heavy (non-hydrogen) atoms. The molecule has 0 amide bonds. The van der Waals surface area contributed by atoms with Gasteiger partial charge in [0.1, 0.15) is 12.4 Å². The average Bonchev–Trinajstić information content (AvgIpc) is 3.54. The first-order valence-corrected chi connectivity index (χ1v) is 10.8. The molecule has 158 valence electrons. The van der Waals surface area contributed by atoms with Gasteiger partial charge >= 0.3 is 0 Å². The number of benzene rings is 1. The maximum atomic E-state index is 12.9. The fourth-order valence-corrected chi connectivity index (χ4v) is 4.82. The van der Waals surface area contributed by atoms with Crippen molar-refractivity contribution >= 4 is 23.5 Å². The number of ether oxygens (including phenoxy) is 1. The third-order valence-corrected chi connectivity index (χ3v) is 6.42. The van der Waals surface area contributed by atoms with Crippen LogP contribution in [0.15, 0.2) is 36.4 Å². The van der Waals surface area contributed by atoms with Gasteiger partial charge < -0.3 is 15.8 Å². The molecule has 5 rings (SSSR count). The van der Waals surface area contributed by atoms with Crippen LogP contribution in [-0.4, -0.2) is 51.8 Å². The number of likely N-dealkylation sites (tertiary alicyclic amines) is 1. The summed E-state index contributed by atoms with van der Waals surface area (Å²) in [7, 11) is 0. The Bertz CT molecular complexity index is 932. The van der Waals surface area contributed by atoms with Gasteiger partial charge in [-0.1, -0.05) is 12.2 Å². The first-order valence-electron chi connectivity index (χ1n) is 10.8. The monoisotopic (exact) mass is 408 g/mol. The summed E-state index contributed by atoms with van der Waals surface area (Å²) in [5.74, 6) is 1.99. The zero-order valence-electron chi connectivity index (χ0n) is 17.0. The maximum absolute atomic E-state index is 12.9. The van der Waals surface area contributed by atoms with Gasteiger partial charge in [0.15, 0.2) is 0 Å². The lowest BCUT2D eigenvalue weighted by atomic mass is 9.93. The summed E-state index contributed by atoms with van der Waals surface area (Å²) >= 11 is 0. The van der Waals surface area contributed by atoms with E-state index in [9.17, 15) is 4.79 Å². The van der Waals surface area contributed by atoms with Crippen LogP contribution in [0.4, 0.5) is 17.6 Å². The van der Waals surface area contributed by atoms with Gasteiger partial charge in [-0.2, -0.15) is 9.67 Å². The molecule has 2 aliphatic carbocycles. The second kappa shape index (κ2) is 8.10. The summed E-state index contributed by atoms with van der Waals surface area (Å²) in [4.78, 5) is 19.5. The summed E-state index contributed by atoms with van der Waals surface area (Å²) in [5.41, 5.74) is 6.79. The van der Waals surface area contributed by atoms with Crippen LogP contribution < -0.4 is 15.8 Å². The predicted molar refractivity (Wildman–Crippen MR) is 115 cm³/mol. The molecular formula is C22H28N6O2. The second-order valence-corrected chi connectivity index (χ2v) is 8.48. The van der Waals surface area contributed by atoms with Crippen molar-refractivity contribution in [3.8, 4) is 5.75 Å². The molecule has 3 N–H and O–H groups in total. The number of rotatable bonds is 7. The van der Waals surface area contributed by atoms with Crippen LogP contribution in [0.5, 0.6) is 5.75 Å². The number of carbonyl (C=O) groups excluding carboxylic acids is 1. The van der Waals surface area contributed by atoms with E-state index in [2.05, 4.69) is 32.5 Å². The number of anilines is 3. The van der Waals surface area contributed by atoms with Crippen LogP contribution in [0.1, 0.15) is 30.5 Å². The van der Waals surface area contributed by atoms with Crippen molar-refractivity contribution in [2.24, 2.45) is 17.8 Å². The number of nitrogens with one attached hydrogen (secondary N) is 1. The van der Waals surface area contributed by atoms with Crippen molar-refractivity contribution in [2.75, 3.05) is 37.3 Å².